The molecule has 2 aromatic rings. The third kappa shape index (κ3) is 2.19. The minimum atomic E-state index is 0.157. The van der Waals surface area contributed by atoms with E-state index in [0.717, 1.165) is 29.5 Å². The zero-order valence-electron chi connectivity index (χ0n) is 9.43. The average Bonchev–Trinajstić information content (AvgIpc) is 2.81. The zero-order chi connectivity index (χ0) is 11.7. The smallest absolute Gasteiger partial charge is 0.124 e. The van der Waals surface area contributed by atoms with Gasteiger partial charge in [0.15, 0.2) is 0 Å². The van der Waals surface area contributed by atoms with Gasteiger partial charge in [-0.2, -0.15) is 0 Å². The van der Waals surface area contributed by atoms with Gasteiger partial charge in [0.05, 0.1) is 13.2 Å². The summed E-state index contributed by atoms with van der Waals surface area (Å²) < 4.78 is 11.1. The molecule has 1 aliphatic rings. The number of rotatable bonds is 2. The molecule has 0 aromatic heterocycles. The molecule has 1 heterocycles. The standard InChI is InChI=1S/C14H14O3/c15-12-3-1-10-2-4-13(8-11(10)7-12)17-14-5-6-16-9-14/h1-4,7-8,14-15H,5-6,9H2. The molecule has 88 valence electrons. The molecular formula is C14H14O3. The molecule has 1 fully saturated rings. The molecule has 0 spiro atoms. The summed E-state index contributed by atoms with van der Waals surface area (Å²) in [6.07, 6.45) is 1.10. The van der Waals surface area contributed by atoms with Crippen LogP contribution in [0.5, 0.6) is 11.5 Å². The van der Waals surface area contributed by atoms with Gasteiger partial charge in [0.2, 0.25) is 0 Å². The number of hydrogen-bond acceptors (Lipinski definition) is 3. The van der Waals surface area contributed by atoms with Crippen LogP contribution in [0.4, 0.5) is 0 Å². The van der Waals surface area contributed by atoms with Gasteiger partial charge in [0.25, 0.3) is 0 Å². The Morgan fingerprint density at radius 3 is 2.82 bits per heavy atom. The second kappa shape index (κ2) is 4.26. The highest BCUT2D eigenvalue weighted by molar-refractivity contribution is 5.85. The highest BCUT2D eigenvalue weighted by Crippen LogP contribution is 2.25. The lowest BCUT2D eigenvalue weighted by molar-refractivity contribution is 0.141. The lowest BCUT2D eigenvalue weighted by atomic mass is 10.1. The van der Waals surface area contributed by atoms with Crippen molar-refractivity contribution < 1.29 is 14.6 Å². The number of benzene rings is 2. The van der Waals surface area contributed by atoms with Crippen molar-refractivity contribution in [3.63, 3.8) is 0 Å². The average molecular weight is 230 g/mol. The Morgan fingerprint density at radius 2 is 2.00 bits per heavy atom. The fraction of sp³-hybridized carbons (Fsp3) is 0.286. The van der Waals surface area contributed by atoms with Gasteiger partial charge in [-0.25, -0.2) is 0 Å². The summed E-state index contributed by atoms with van der Waals surface area (Å²) in [5, 5.41) is 11.5. The van der Waals surface area contributed by atoms with Crippen molar-refractivity contribution in [1.29, 1.82) is 0 Å². The van der Waals surface area contributed by atoms with Crippen molar-refractivity contribution >= 4 is 10.8 Å². The SMILES string of the molecule is Oc1ccc2ccc(OC3CCOC3)cc2c1. The van der Waals surface area contributed by atoms with E-state index in [1.807, 2.05) is 24.3 Å². The van der Waals surface area contributed by atoms with Crippen LogP contribution in [0.3, 0.4) is 0 Å². The predicted molar refractivity (Wildman–Crippen MR) is 65.5 cm³/mol. The van der Waals surface area contributed by atoms with E-state index < -0.39 is 0 Å². The Bertz CT molecular complexity index is 530. The molecule has 3 rings (SSSR count). The number of fused-ring (bicyclic) bond motifs is 1. The quantitative estimate of drug-likeness (QED) is 0.862. The van der Waals surface area contributed by atoms with Crippen molar-refractivity contribution in [1.82, 2.24) is 0 Å². The molecule has 2 aromatic carbocycles. The van der Waals surface area contributed by atoms with E-state index in [0.29, 0.717) is 6.61 Å². The van der Waals surface area contributed by atoms with Crippen molar-refractivity contribution in [3.8, 4) is 11.5 Å². The number of hydrogen-bond donors (Lipinski definition) is 1. The molecule has 1 atom stereocenters. The first kappa shape index (κ1) is 10.4. The fourth-order valence-corrected chi connectivity index (χ4v) is 2.08. The van der Waals surface area contributed by atoms with Crippen LogP contribution in [-0.2, 0) is 4.74 Å². The van der Waals surface area contributed by atoms with E-state index in [2.05, 4.69) is 0 Å². The van der Waals surface area contributed by atoms with E-state index in [4.69, 9.17) is 9.47 Å². The van der Waals surface area contributed by atoms with E-state index >= 15 is 0 Å². The van der Waals surface area contributed by atoms with Crippen molar-refractivity contribution in [2.45, 2.75) is 12.5 Å². The summed E-state index contributed by atoms with van der Waals surface area (Å²) in [4.78, 5) is 0. The van der Waals surface area contributed by atoms with Gasteiger partial charge in [-0.3, -0.25) is 0 Å². The topological polar surface area (TPSA) is 38.7 Å². The third-order valence-corrected chi connectivity index (χ3v) is 2.99. The molecule has 0 radical (unpaired) electrons. The summed E-state index contributed by atoms with van der Waals surface area (Å²) in [7, 11) is 0. The number of aromatic hydroxyl groups is 1. The molecule has 3 heteroatoms. The van der Waals surface area contributed by atoms with Crippen LogP contribution in [0.15, 0.2) is 36.4 Å². The molecule has 1 aliphatic heterocycles. The molecule has 1 saturated heterocycles. The first-order valence-corrected chi connectivity index (χ1v) is 5.78. The Balaban J connectivity index is 1.89. The Kier molecular flexibility index (Phi) is 2.61. The van der Waals surface area contributed by atoms with Crippen molar-refractivity contribution in [2.75, 3.05) is 13.2 Å². The van der Waals surface area contributed by atoms with E-state index in [-0.39, 0.29) is 11.9 Å². The number of phenolic OH excluding ortho intramolecular Hbond substituents is 1. The molecule has 0 aliphatic carbocycles. The molecular weight excluding hydrogens is 216 g/mol. The maximum absolute atomic E-state index is 9.44. The normalized spacial score (nSPS) is 19.6. The molecule has 0 saturated carbocycles. The molecule has 3 nitrogen and oxygen atoms in total. The van der Waals surface area contributed by atoms with Crippen LogP contribution in [0.1, 0.15) is 6.42 Å². The zero-order valence-corrected chi connectivity index (χ0v) is 9.43. The summed E-state index contributed by atoms with van der Waals surface area (Å²) >= 11 is 0. The largest absolute Gasteiger partial charge is 0.508 e. The lowest BCUT2D eigenvalue weighted by Crippen LogP contribution is -2.15. The van der Waals surface area contributed by atoms with Crippen LogP contribution in [0, 0.1) is 0 Å². The maximum atomic E-state index is 9.44. The second-order valence-electron chi connectivity index (χ2n) is 4.30. The van der Waals surface area contributed by atoms with E-state index in [9.17, 15) is 5.11 Å². The summed E-state index contributed by atoms with van der Waals surface area (Å²) in [6.45, 7) is 1.44. The predicted octanol–water partition coefficient (Wildman–Crippen LogP) is 2.71. The van der Waals surface area contributed by atoms with Gasteiger partial charge in [-0.15, -0.1) is 0 Å². The first-order valence-electron chi connectivity index (χ1n) is 5.78. The minimum Gasteiger partial charge on any atom is -0.508 e. The van der Waals surface area contributed by atoms with Gasteiger partial charge in [-0.1, -0.05) is 12.1 Å². The highest BCUT2D eigenvalue weighted by atomic mass is 16.5. The Morgan fingerprint density at radius 1 is 1.12 bits per heavy atom. The van der Waals surface area contributed by atoms with Crippen molar-refractivity contribution in [2.24, 2.45) is 0 Å². The van der Waals surface area contributed by atoms with E-state index in [1.165, 1.54) is 0 Å². The van der Waals surface area contributed by atoms with Gasteiger partial charge >= 0.3 is 0 Å². The molecule has 0 amide bonds. The molecule has 0 bridgehead atoms. The maximum Gasteiger partial charge on any atom is 0.124 e. The van der Waals surface area contributed by atoms with Gasteiger partial charge in [-0.05, 0) is 35.0 Å². The fourth-order valence-electron chi connectivity index (χ4n) is 2.08. The highest BCUT2D eigenvalue weighted by Gasteiger charge is 2.17. The Hall–Kier alpha value is -1.74. The van der Waals surface area contributed by atoms with Gasteiger partial charge in [0, 0.05) is 6.42 Å². The number of ether oxygens (including phenoxy) is 2. The van der Waals surface area contributed by atoms with Crippen LogP contribution in [0.25, 0.3) is 10.8 Å². The lowest BCUT2D eigenvalue weighted by Gasteiger charge is -2.12. The minimum absolute atomic E-state index is 0.157. The second-order valence-corrected chi connectivity index (χ2v) is 4.30. The van der Waals surface area contributed by atoms with Crippen LogP contribution < -0.4 is 4.74 Å². The van der Waals surface area contributed by atoms with Crippen molar-refractivity contribution in [3.05, 3.63) is 36.4 Å². The van der Waals surface area contributed by atoms with E-state index in [1.54, 1.807) is 12.1 Å². The monoisotopic (exact) mass is 230 g/mol. The summed E-state index contributed by atoms with van der Waals surface area (Å²) in [5.41, 5.74) is 0. The first-order chi connectivity index (χ1) is 8.31. The number of phenols is 1. The van der Waals surface area contributed by atoms with Crippen LogP contribution >= 0.6 is 0 Å². The summed E-state index contributed by atoms with van der Waals surface area (Å²) in [6, 6.07) is 11.2. The third-order valence-electron chi connectivity index (χ3n) is 2.99. The molecule has 1 N–H and O–H groups in total. The van der Waals surface area contributed by atoms with Gasteiger partial charge < -0.3 is 14.6 Å². The Labute approximate surface area is 99.6 Å². The summed E-state index contributed by atoms with van der Waals surface area (Å²) in [5.74, 6) is 1.11. The van der Waals surface area contributed by atoms with Crippen LogP contribution in [-0.4, -0.2) is 24.4 Å². The molecule has 17 heavy (non-hydrogen) atoms. The molecule has 1 unspecified atom stereocenters. The van der Waals surface area contributed by atoms with Crippen LogP contribution in [0.2, 0.25) is 0 Å². The van der Waals surface area contributed by atoms with Gasteiger partial charge in [0.1, 0.15) is 17.6 Å².